The predicted molar refractivity (Wildman–Crippen MR) is 71.4 cm³/mol. The van der Waals surface area contributed by atoms with E-state index in [0.29, 0.717) is 22.8 Å². The van der Waals surface area contributed by atoms with Crippen LogP contribution in [0.4, 0.5) is 5.82 Å². The van der Waals surface area contributed by atoms with E-state index < -0.39 is 0 Å². The van der Waals surface area contributed by atoms with Crippen molar-refractivity contribution in [3.05, 3.63) is 36.7 Å². The van der Waals surface area contributed by atoms with Gasteiger partial charge in [-0.2, -0.15) is 0 Å². The number of H-pyrrole nitrogens is 1. The maximum atomic E-state index is 11.2. The van der Waals surface area contributed by atoms with E-state index in [0.717, 1.165) is 5.56 Å². The number of hydrogen-bond donors (Lipinski definition) is 2. The Morgan fingerprint density at radius 1 is 1.21 bits per heavy atom. The molecule has 0 unspecified atom stereocenters. The Morgan fingerprint density at radius 3 is 2.74 bits per heavy atom. The predicted octanol–water partition coefficient (Wildman–Crippen LogP) is 1.98. The molecular formula is C13H11N5O. The van der Waals surface area contributed by atoms with Gasteiger partial charge in [0.2, 0.25) is 5.91 Å². The monoisotopic (exact) mass is 253 g/mol. The van der Waals surface area contributed by atoms with Crippen molar-refractivity contribution in [3.63, 3.8) is 0 Å². The van der Waals surface area contributed by atoms with Crippen LogP contribution < -0.4 is 5.32 Å². The first kappa shape index (κ1) is 11.3. The Bertz CT molecular complexity index is 735. The molecule has 6 heteroatoms. The van der Waals surface area contributed by atoms with Crippen LogP contribution in [0.3, 0.4) is 0 Å². The van der Waals surface area contributed by atoms with Crippen molar-refractivity contribution >= 4 is 22.9 Å². The van der Waals surface area contributed by atoms with E-state index in [1.165, 1.54) is 13.3 Å². The summed E-state index contributed by atoms with van der Waals surface area (Å²) >= 11 is 0. The molecule has 2 heterocycles. The largest absolute Gasteiger partial charge is 0.340 e. The molecule has 2 N–H and O–H groups in total. The molecule has 0 aliphatic carbocycles. The van der Waals surface area contributed by atoms with Gasteiger partial charge in [0.1, 0.15) is 5.52 Å². The quantitative estimate of drug-likeness (QED) is 0.731. The first-order valence-electron chi connectivity index (χ1n) is 5.78. The lowest BCUT2D eigenvalue weighted by Gasteiger charge is -2.05. The number of carbonyl (C=O) groups is 1. The number of benzene rings is 1. The highest BCUT2D eigenvalue weighted by Crippen LogP contribution is 2.22. The summed E-state index contributed by atoms with van der Waals surface area (Å²) in [4.78, 5) is 27.0. The zero-order valence-electron chi connectivity index (χ0n) is 10.2. The highest BCUT2D eigenvalue weighted by atomic mass is 16.1. The van der Waals surface area contributed by atoms with Gasteiger partial charge in [0.15, 0.2) is 17.3 Å². The summed E-state index contributed by atoms with van der Waals surface area (Å²) in [5.41, 5.74) is 2.02. The number of anilines is 1. The molecule has 0 atom stereocenters. The molecule has 0 radical (unpaired) electrons. The number of carbonyl (C=O) groups excluding carboxylic acids is 1. The molecule has 6 nitrogen and oxygen atoms in total. The summed E-state index contributed by atoms with van der Waals surface area (Å²) < 4.78 is 0. The van der Waals surface area contributed by atoms with Crippen molar-refractivity contribution in [1.82, 2.24) is 19.9 Å². The van der Waals surface area contributed by atoms with Gasteiger partial charge in [-0.1, -0.05) is 30.3 Å². The van der Waals surface area contributed by atoms with Gasteiger partial charge in [0, 0.05) is 12.5 Å². The van der Waals surface area contributed by atoms with Crippen molar-refractivity contribution in [2.24, 2.45) is 0 Å². The van der Waals surface area contributed by atoms with Gasteiger partial charge >= 0.3 is 0 Å². The molecule has 94 valence electrons. The summed E-state index contributed by atoms with van der Waals surface area (Å²) in [7, 11) is 0. The van der Waals surface area contributed by atoms with Crippen molar-refractivity contribution < 1.29 is 4.79 Å². The molecule has 0 bridgehead atoms. The third-order valence-corrected chi connectivity index (χ3v) is 2.61. The van der Waals surface area contributed by atoms with Crippen LogP contribution in [0.1, 0.15) is 6.92 Å². The third-order valence-electron chi connectivity index (χ3n) is 2.61. The van der Waals surface area contributed by atoms with Gasteiger partial charge in [0.25, 0.3) is 0 Å². The lowest BCUT2D eigenvalue weighted by Crippen LogP contribution is -2.09. The molecule has 0 fully saturated rings. The summed E-state index contributed by atoms with van der Waals surface area (Å²) in [5, 5.41) is 2.68. The first-order chi connectivity index (χ1) is 9.24. The SMILES string of the molecule is CC(=O)Nc1nc(-c2ccccc2)nc2nc[nH]c12. The number of rotatable bonds is 2. The fourth-order valence-electron chi connectivity index (χ4n) is 1.81. The van der Waals surface area contributed by atoms with Crippen LogP contribution in [0.25, 0.3) is 22.6 Å². The molecule has 0 spiro atoms. The van der Waals surface area contributed by atoms with Gasteiger partial charge in [-0.05, 0) is 0 Å². The molecule has 0 aliphatic rings. The Labute approximate surface area is 108 Å². The molecule has 0 saturated carbocycles. The standard InChI is InChI=1S/C13H11N5O/c1-8(19)16-13-10-12(15-7-14-10)17-11(18-13)9-5-3-2-4-6-9/h2-7H,1H3,(H2,14,15,16,17,18,19). The maximum absolute atomic E-state index is 11.2. The second-order valence-electron chi connectivity index (χ2n) is 4.04. The molecule has 3 aromatic rings. The zero-order chi connectivity index (χ0) is 13.2. The van der Waals surface area contributed by atoms with Crippen LogP contribution in [0, 0.1) is 0 Å². The molecule has 0 saturated heterocycles. The lowest BCUT2D eigenvalue weighted by atomic mass is 10.2. The minimum Gasteiger partial charge on any atom is -0.340 e. The topological polar surface area (TPSA) is 83.6 Å². The van der Waals surface area contributed by atoms with E-state index in [2.05, 4.69) is 25.3 Å². The van der Waals surface area contributed by atoms with Crippen LogP contribution >= 0.6 is 0 Å². The average Bonchev–Trinajstić information content (AvgIpc) is 2.87. The number of nitrogens with zero attached hydrogens (tertiary/aromatic N) is 3. The number of amides is 1. The molecular weight excluding hydrogens is 242 g/mol. The number of nitrogens with one attached hydrogen (secondary N) is 2. The van der Waals surface area contributed by atoms with Crippen LogP contribution in [-0.4, -0.2) is 25.8 Å². The number of aromatic amines is 1. The third kappa shape index (κ3) is 2.15. The molecule has 0 aliphatic heterocycles. The smallest absolute Gasteiger partial charge is 0.222 e. The summed E-state index contributed by atoms with van der Waals surface area (Å²) in [6.07, 6.45) is 1.53. The molecule has 1 amide bonds. The van der Waals surface area contributed by atoms with Gasteiger partial charge in [-0.15, -0.1) is 0 Å². The summed E-state index contributed by atoms with van der Waals surface area (Å²) in [6.45, 7) is 1.44. The van der Waals surface area contributed by atoms with Crippen LogP contribution in [-0.2, 0) is 4.79 Å². The summed E-state index contributed by atoms with van der Waals surface area (Å²) in [6, 6.07) is 9.55. The summed E-state index contributed by atoms with van der Waals surface area (Å²) in [5.74, 6) is 0.784. The normalized spacial score (nSPS) is 10.6. The molecule has 3 rings (SSSR count). The number of fused-ring (bicyclic) bond motifs is 1. The average molecular weight is 253 g/mol. The van der Waals surface area contributed by atoms with Gasteiger partial charge in [-0.25, -0.2) is 15.0 Å². The van der Waals surface area contributed by atoms with Crippen molar-refractivity contribution in [2.45, 2.75) is 6.92 Å². The maximum Gasteiger partial charge on any atom is 0.222 e. The van der Waals surface area contributed by atoms with E-state index in [4.69, 9.17) is 0 Å². The van der Waals surface area contributed by atoms with Crippen LogP contribution in [0.5, 0.6) is 0 Å². The minimum absolute atomic E-state index is 0.186. The first-order valence-corrected chi connectivity index (χ1v) is 5.78. The van der Waals surface area contributed by atoms with Crippen molar-refractivity contribution in [1.29, 1.82) is 0 Å². The van der Waals surface area contributed by atoms with Gasteiger partial charge in [0.05, 0.1) is 6.33 Å². The van der Waals surface area contributed by atoms with Crippen LogP contribution in [0.2, 0.25) is 0 Å². The Balaban J connectivity index is 2.19. The minimum atomic E-state index is -0.186. The number of hydrogen-bond acceptors (Lipinski definition) is 4. The lowest BCUT2D eigenvalue weighted by molar-refractivity contribution is -0.114. The van der Waals surface area contributed by atoms with Crippen LogP contribution in [0.15, 0.2) is 36.7 Å². The van der Waals surface area contributed by atoms with Gasteiger partial charge < -0.3 is 10.3 Å². The van der Waals surface area contributed by atoms with E-state index >= 15 is 0 Å². The van der Waals surface area contributed by atoms with E-state index in [1.807, 2.05) is 30.3 Å². The van der Waals surface area contributed by atoms with E-state index in [9.17, 15) is 4.79 Å². The molecule has 2 aromatic heterocycles. The highest BCUT2D eigenvalue weighted by Gasteiger charge is 2.11. The Kier molecular flexibility index (Phi) is 2.68. The van der Waals surface area contributed by atoms with Crippen molar-refractivity contribution in [2.75, 3.05) is 5.32 Å². The van der Waals surface area contributed by atoms with E-state index in [1.54, 1.807) is 0 Å². The molecule has 19 heavy (non-hydrogen) atoms. The number of aromatic nitrogens is 4. The second kappa shape index (κ2) is 4.49. The number of imidazole rings is 1. The second-order valence-corrected chi connectivity index (χ2v) is 4.04. The molecule has 1 aromatic carbocycles. The van der Waals surface area contributed by atoms with E-state index in [-0.39, 0.29) is 5.91 Å². The Morgan fingerprint density at radius 2 is 2.00 bits per heavy atom. The van der Waals surface area contributed by atoms with Crippen molar-refractivity contribution in [3.8, 4) is 11.4 Å². The van der Waals surface area contributed by atoms with Gasteiger partial charge in [-0.3, -0.25) is 4.79 Å². The fourth-order valence-corrected chi connectivity index (χ4v) is 1.81. The fraction of sp³-hybridized carbons (Fsp3) is 0.0769. The highest BCUT2D eigenvalue weighted by molar-refractivity contribution is 5.96. The zero-order valence-corrected chi connectivity index (χ0v) is 10.2. The Hall–Kier alpha value is -2.76.